The summed E-state index contributed by atoms with van der Waals surface area (Å²) < 4.78 is 8.59. The molecule has 4 atom stereocenters. The van der Waals surface area contributed by atoms with Gasteiger partial charge < -0.3 is 0 Å². The van der Waals surface area contributed by atoms with Crippen LogP contribution in [-0.4, -0.2) is 24.1 Å². The first-order chi connectivity index (χ1) is 25.4. The van der Waals surface area contributed by atoms with Crippen LogP contribution in [0.2, 0.25) is 0 Å². The third-order valence-electron chi connectivity index (χ3n) is 7.16. The van der Waals surface area contributed by atoms with Gasteiger partial charge >= 0.3 is 618 Å². The van der Waals surface area contributed by atoms with Gasteiger partial charge in [-0.05, 0) is 0 Å². The Morgan fingerprint density at radius 3 is 1.64 bits per heavy atom. The van der Waals surface area contributed by atoms with Crippen molar-refractivity contribution >= 4 is 463 Å². The minimum absolute atomic E-state index is 0.0794. The Balaban J connectivity index is 3.12. The van der Waals surface area contributed by atoms with Crippen LogP contribution in [-0.2, 0) is 0 Å². The van der Waals surface area contributed by atoms with E-state index in [1.165, 1.54) is 0 Å². The molecule has 0 N–H and O–H groups in total. The molecule has 37 heteroatoms. The second kappa shape index (κ2) is 33.9. The summed E-state index contributed by atoms with van der Waals surface area (Å²) in [4.78, 5) is 13.1. The van der Waals surface area contributed by atoms with E-state index in [-0.39, 0.29) is 55.8 Å². The molecular formula is C18H20I33N3O-4. The van der Waals surface area contributed by atoms with Crippen LogP contribution in [0.25, 0.3) is 11.1 Å². The number of halogens is 33. The van der Waals surface area contributed by atoms with Crippen LogP contribution in [0.15, 0.2) is 28.7 Å². The van der Waals surface area contributed by atoms with Gasteiger partial charge in [0.15, 0.2) is 0 Å². The first kappa shape index (κ1) is 71.8. The van der Waals surface area contributed by atoms with Gasteiger partial charge in [-0.15, -0.1) is 0 Å². The Morgan fingerprint density at radius 1 is 0.673 bits per heavy atom. The molecule has 1 aromatic carbocycles. The fourth-order valence-electron chi connectivity index (χ4n) is 5.23. The van der Waals surface area contributed by atoms with Crippen LogP contribution in [0.5, 0.6) is 0 Å². The van der Waals surface area contributed by atoms with E-state index in [4.69, 9.17) is 9.40 Å². The molecule has 348 valence electrons. The third kappa shape index (κ3) is 15.9. The van der Waals surface area contributed by atoms with Crippen LogP contribution in [0.3, 0.4) is 0 Å². The number of alkyl halides is 7. The zero-order chi connectivity index (χ0) is 42.4. The standard InChI is InChI=1S/C18H20I33N3O/c1-10(2)53-15(5,41(24)38-21)18(44(27)50(35)47(31)32,45(28)51(36)49(34)40-23)54(13-52-11-8-6-7-9-12(11)55-13)17(42(25)46(29)30,43(26)48(33)39-22)14(3,4)16(53,19)37-20/h6-10H,1-5H3/q-4. The van der Waals surface area contributed by atoms with Crippen molar-refractivity contribution in [1.29, 1.82) is 0 Å². The molecule has 0 aliphatic carbocycles. The molecule has 1 saturated heterocycles. The van der Waals surface area contributed by atoms with E-state index in [2.05, 4.69) is 408 Å². The van der Waals surface area contributed by atoms with Crippen molar-refractivity contribution in [1.82, 2.24) is 9.88 Å². The number of hydrogen-bond donors (Lipinski definition) is 0. The molecule has 0 radical (unpaired) electrons. The van der Waals surface area contributed by atoms with E-state index < -0.39 is 107 Å². The van der Waals surface area contributed by atoms with Gasteiger partial charge in [0.25, 0.3) is 0 Å². The van der Waals surface area contributed by atoms with Gasteiger partial charge in [-0.3, -0.25) is 0 Å². The molecule has 4 unspecified atom stereocenters. The predicted molar refractivity (Wildman–Crippen MR) is 490 cm³/mol. The average molecular weight is 4480 g/mol. The number of para-hydroxylation sites is 2. The first-order valence-corrected chi connectivity index (χ1v) is 183. The third-order valence-corrected chi connectivity index (χ3v) is 1070. The molecule has 55 heavy (non-hydrogen) atoms. The molecule has 0 saturated carbocycles. The summed E-state index contributed by atoms with van der Waals surface area (Å²) >= 11 is 49.6. The molecular weight excluding hydrogens is 4460 g/mol. The number of hydrogen-bond acceptors (Lipinski definition) is 4. The summed E-state index contributed by atoms with van der Waals surface area (Å²) in [5.41, 5.74) is 2.28. The van der Waals surface area contributed by atoms with Crippen molar-refractivity contribution in [2.75, 3.05) is 4.90 Å². The number of oxazole rings is 1. The van der Waals surface area contributed by atoms with Crippen molar-refractivity contribution < 1.29 is 61.4 Å². The predicted octanol–water partition coefficient (Wildman–Crippen LogP) is 16.6. The number of benzene rings is 1. The number of rotatable bonds is 17. The van der Waals surface area contributed by atoms with Crippen molar-refractivity contribution in [3.63, 3.8) is 0 Å². The molecule has 3 rings (SSSR count). The summed E-state index contributed by atoms with van der Waals surface area (Å²) in [6.45, 7) is 14.3. The molecule has 4 nitrogen and oxygen atoms in total. The number of fused-ring (bicyclic) bond motifs is 1. The second-order valence-electron chi connectivity index (χ2n) is 10.2. The van der Waals surface area contributed by atoms with E-state index in [0.717, 1.165) is 17.1 Å². The number of anilines is 1. The van der Waals surface area contributed by atoms with Crippen molar-refractivity contribution in [2.24, 2.45) is 5.41 Å². The molecule has 1 aliphatic heterocycles. The van der Waals surface area contributed by atoms with E-state index in [0.29, 0.717) is 20.8 Å². The van der Waals surface area contributed by atoms with Gasteiger partial charge in [0, 0.05) is 0 Å². The fourth-order valence-corrected chi connectivity index (χ4v) is 1340. The fraction of sp³-hybridized carbons (Fsp3) is 0.611. The van der Waals surface area contributed by atoms with E-state index >= 15 is 0 Å². The van der Waals surface area contributed by atoms with Gasteiger partial charge in [0.1, 0.15) is 0 Å². The van der Waals surface area contributed by atoms with Crippen LogP contribution in [0.1, 0.15) is 34.6 Å². The monoisotopic (exact) mass is 4480 g/mol. The van der Waals surface area contributed by atoms with Crippen molar-refractivity contribution in [3.8, 4) is 0 Å². The quantitative estimate of drug-likeness (QED) is 0.0898. The first-order valence-electron chi connectivity index (χ1n) is 12.5. The summed E-state index contributed by atoms with van der Waals surface area (Å²) in [7, 11) is -7.23. The molecule has 0 bridgehead atoms. The SMILES string of the molecule is CC(C)N1C(I)([I-]I)C(C)(C)C(I(I)I(I)I)(I(I)I(I)[I-]I)N(c2nc3ccccc3o2)C(I(I)I(I)I(I)I)(I(I)I(I)I(I)[I-]I)C1(C)I(I)[I-]I. The van der Waals surface area contributed by atoms with Gasteiger partial charge in [-0.1, -0.05) is 0 Å². The summed E-state index contributed by atoms with van der Waals surface area (Å²) in [5, 5.41) is 0. The molecule has 2 heterocycles. The maximum absolute atomic E-state index is 7.67. The van der Waals surface area contributed by atoms with Crippen LogP contribution < -0.4 is 61.9 Å². The number of nitrogens with zero attached hydrogens (tertiary/aromatic N) is 3. The summed E-state index contributed by atoms with van der Waals surface area (Å²) in [6.07, 6.45) is 0. The Bertz CT molecular complexity index is 1520. The van der Waals surface area contributed by atoms with Gasteiger partial charge in [-0.25, -0.2) is 0 Å². The molecule has 2 aromatic rings. The minimum atomic E-state index is -1.74. The Hall–Kier alpha value is 22.5. The number of aromatic nitrogens is 1. The molecule has 0 spiro atoms. The molecule has 0 amide bonds. The Morgan fingerprint density at radius 2 is 1.20 bits per heavy atom. The van der Waals surface area contributed by atoms with Crippen molar-refractivity contribution in [2.45, 2.75) is 48.9 Å². The zero-order valence-electron chi connectivity index (χ0n) is 26.1. The maximum atomic E-state index is 7.67. The van der Waals surface area contributed by atoms with Gasteiger partial charge in [0.05, 0.1) is 0 Å². The Kier molecular flexibility index (Phi) is 44.2. The van der Waals surface area contributed by atoms with Crippen LogP contribution >= 0.6 is 446 Å². The van der Waals surface area contributed by atoms with E-state index in [1.54, 1.807) is 0 Å². The van der Waals surface area contributed by atoms with E-state index in [1.807, 2.05) is 0 Å². The van der Waals surface area contributed by atoms with E-state index in [9.17, 15) is 0 Å². The van der Waals surface area contributed by atoms with Crippen molar-refractivity contribution in [3.05, 3.63) is 24.3 Å². The van der Waals surface area contributed by atoms with Gasteiger partial charge in [-0.2, -0.15) is 0 Å². The topological polar surface area (TPSA) is 32.5 Å². The van der Waals surface area contributed by atoms with Crippen LogP contribution in [0, 0.1) is 5.41 Å². The zero-order valence-corrected chi connectivity index (χ0v) is 97.3. The second-order valence-corrected chi connectivity index (χ2v) is 485. The normalized spacial score (nSPS) is 29.3. The molecule has 1 aliphatic rings. The molecule has 1 aromatic heterocycles. The van der Waals surface area contributed by atoms with Crippen LogP contribution in [0.4, 0.5) is 6.01 Å². The van der Waals surface area contributed by atoms with Gasteiger partial charge in [0.2, 0.25) is 0 Å². The summed E-state index contributed by atoms with van der Waals surface area (Å²) in [6, 6.07) is 10.7. The Labute approximate surface area is 590 Å². The summed E-state index contributed by atoms with van der Waals surface area (Å²) in [5.74, 6) is 0. The average Bonchev–Trinajstić information content (AvgIpc) is 3.57. The molecule has 1 fully saturated rings.